The quantitative estimate of drug-likeness (QED) is 0.776. The molecule has 22 heavy (non-hydrogen) atoms. The van der Waals surface area contributed by atoms with Gasteiger partial charge in [0.15, 0.2) is 0 Å². The van der Waals surface area contributed by atoms with Gasteiger partial charge in [0.25, 0.3) is 0 Å². The molecular formula is C19H15NO2. The first-order valence-corrected chi connectivity index (χ1v) is 6.99. The third-order valence-electron chi connectivity index (χ3n) is 3.58. The van der Waals surface area contributed by atoms with Crippen LogP contribution in [0.25, 0.3) is 22.3 Å². The number of rotatable bonds is 3. The number of carbonyl (C=O) groups is 1. The first-order chi connectivity index (χ1) is 10.6. The van der Waals surface area contributed by atoms with E-state index in [1.807, 2.05) is 49.4 Å². The molecule has 0 atom stereocenters. The lowest BCUT2D eigenvalue weighted by atomic mass is 9.96. The standard InChI is InChI=1S/C19H15NO2/c1-13-2-4-14(5-3-13)16-10-17(12-18(11-16)19(21)22)15-6-8-20-9-7-15/h2-12H,1H3,(H,21,22). The first-order valence-electron chi connectivity index (χ1n) is 6.99. The van der Waals surface area contributed by atoms with Crippen LogP contribution in [0.15, 0.2) is 67.0 Å². The fraction of sp³-hybridized carbons (Fsp3) is 0.0526. The van der Waals surface area contributed by atoms with Crippen LogP contribution in [-0.2, 0) is 0 Å². The molecule has 108 valence electrons. The van der Waals surface area contributed by atoms with Crippen molar-refractivity contribution < 1.29 is 9.90 Å². The topological polar surface area (TPSA) is 50.2 Å². The molecule has 3 aromatic rings. The summed E-state index contributed by atoms with van der Waals surface area (Å²) in [6.07, 6.45) is 3.41. The van der Waals surface area contributed by atoms with Crippen molar-refractivity contribution in [2.45, 2.75) is 6.92 Å². The van der Waals surface area contributed by atoms with Crippen molar-refractivity contribution in [1.82, 2.24) is 4.98 Å². The molecule has 1 N–H and O–H groups in total. The molecule has 0 bridgehead atoms. The van der Waals surface area contributed by atoms with Gasteiger partial charge < -0.3 is 5.11 Å². The molecule has 0 amide bonds. The van der Waals surface area contributed by atoms with Gasteiger partial charge in [-0.1, -0.05) is 29.8 Å². The van der Waals surface area contributed by atoms with Gasteiger partial charge in [-0.05, 0) is 59.5 Å². The molecule has 0 saturated carbocycles. The second-order valence-electron chi connectivity index (χ2n) is 5.21. The molecule has 0 aliphatic rings. The summed E-state index contributed by atoms with van der Waals surface area (Å²) < 4.78 is 0. The molecular weight excluding hydrogens is 274 g/mol. The molecule has 1 heterocycles. The normalized spacial score (nSPS) is 10.4. The van der Waals surface area contributed by atoms with E-state index in [1.165, 1.54) is 5.56 Å². The average Bonchev–Trinajstić information content (AvgIpc) is 2.56. The van der Waals surface area contributed by atoms with Crippen LogP contribution in [0.2, 0.25) is 0 Å². The van der Waals surface area contributed by atoms with Crippen LogP contribution in [0.3, 0.4) is 0 Å². The Labute approximate surface area is 128 Å². The lowest BCUT2D eigenvalue weighted by molar-refractivity contribution is 0.0697. The van der Waals surface area contributed by atoms with Crippen LogP contribution in [-0.4, -0.2) is 16.1 Å². The lowest BCUT2D eigenvalue weighted by Gasteiger charge is -2.09. The summed E-state index contributed by atoms with van der Waals surface area (Å²) in [6.45, 7) is 2.03. The van der Waals surface area contributed by atoms with Crippen molar-refractivity contribution in [2.75, 3.05) is 0 Å². The van der Waals surface area contributed by atoms with Crippen LogP contribution in [0.4, 0.5) is 0 Å². The number of carboxylic acids is 1. The number of carboxylic acid groups (broad SMARTS) is 1. The first kappa shape index (κ1) is 14.0. The Bertz CT molecular complexity index is 809. The minimum atomic E-state index is -0.927. The van der Waals surface area contributed by atoms with Crippen LogP contribution in [0.5, 0.6) is 0 Å². The van der Waals surface area contributed by atoms with Crippen LogP contribution in [0, 0.1) is 6.92 Å². The van der Waals surface area contributed by atoms with Crippen LogP contribution < -0.4 is 0 Å². The average molecular weight is 289 g/mol. The predicted octanol–water partition coefficient (Wildman–Crippen LogP) is 4.42. The summed E-state index contributed by atoms with van der Waals surface area (Å²) in [5, 5.41) is 9.36. The molecule has 0 fully saturated rings. The number of aryl methyl sites for hydroxylation is 1. The largest absolute Gasteiger partial charge is 0.478 e. The molecule has 0 unspecified atom stereocenters. The number of nitrogens with zero attached hydrogens (tertiary/aromatic N) is 1. The zero-order chi connectivity index (χ0) is 15.5. The lowest BCUT2D eigenvalue weighted by Crippen LogP contribution is -1.97. The third kappa shape index (κ3) is 2.88. The smallest absolute Gasteiger partial charge is 0.335 e. The van der Waals surface area contributed by atoms with Gasteiger partial charge in [-0.15, -0.1) is 0 Å². The second kappa shape index (κ2) is 5.82. The van der Waals surface area contributed by atoms with E-state index in [4.69, 9.17) is 0 Å². The van der Waals surface area contributed by atoms with Gasteiger partial charge in [0.2, 0.25) is 0 Å². The highest BCUT2D eigenvalue weighted by Gasteiger charge is 2.09. The molecule has 3 heteroatoms. The van der Waals surface area contributed by atoms with Crippen molar-refractivity contribution in [3.8, 4) is 22.3 Å². The predicted molar refractivity (Wildman–Crippen MR) is 86.8 cm³/mol. The Kier molecular flexibility index (Phi) is 3.71. The van der Waals surface area contributed by atoms with Crippen molar-refractivity contribution >= 4 is 5.97 Å². The number of aromatic carboxylic acids is 1. The summed E-state index contributed by atoms with van der Waals surface area (Å²) in [7, 11) is 0. The highest BCUT2D eigenvalue weighted by molar-refractivity contribution is 5.92. The van der Waals surface area contributed by atoms with E-state index in [2.05, 4.69) is 4.98 Å². The van der Waals surface area contributed by atoms with Crippen molar-refractivity contribution in [3.05, 3.63) is 78.1 Å². The number of pyridine rings is 1. The van der Waals surface area contributed by atoms with Crippen molar-refractivity contribution in [1.29, 1.82) is 0 Å². The maximum Gasteiger partial charge on any atom is 0.335 e. The number of benzene rings is 2. The summed E-state index contributed by atoms with van der Waals surface area (Å²) in [5.41, 5.74) is 5.18. The van der Waals surface area contributed by atoms with Gasteiger partial charge in [0.05, 0.1) is 5.56 Å². The van der Waals surface area contributed by atoms with Gasteiger partial charge >= 0.3 is 5.97 Å². The van der Waals surface area contributed by atoms with Crippen LogP contribution >= 0.6 is 0 Å². The minimum absolute atomic E-state index is 0.282. The maximum absolute atomic E-state index is 11.4. The fourth-order valence-electron chi connectivity index (χ4n) is 2.37. The molecule has 0 spiro atoms. The van der Waals surface area contributed by atoms with Gasteiger partial charge in [0, 0.05) is 12.4 Å². The molecule has 0 radical (unpaired) electrons. The molecule has 0 aliphatic carbocycles. The van der Waals surface area contributed by atoms with E-state index < -0.39 is 5.97 Å². The van der Waals surface area contributed by atoms with E-state index in [0.717, 1.165) is 22.3 Å². The highest BCUT2D eigenvalue weighted by Crippen LogP contribution is 2.28. The van der Waals surface area contributed by atoms with E-state index in [0.29, 0.717) is 0 Å². The molecule has 2 aromatic carbocycles. The zero-order valence-corrected chi connectivity index (χ0v) is 12.2. The Hall–Kier alpha value is -2.94. The number of hydrogen-bond acceptors (Lipinski definition) is 2. The monoisotopic (exact) mass is 289 g/mol. The molecule has 0 saturated heterocycles. The molecule has 0 aliphatic heterocycles. The summed E-state index contributed by atoms with van der Waals surface area (Å²) in [4.78, 5) is 15.4. The molecule has 3 nitrogen and oxygen atoms in total. The van der Waals surface area contributed by atoms with Gasteiger partial charge in [-0.3, -0.25) is 4.98 Å². The van der Waals surface area contributed by atoms with Gasteiger partial charge in [0.1, 0.15) is 0 Å². The second-order valence-corrected chi connectivity index (χ2v) is 5.21. The minimum Gasteiger partial charge on any atom is -0.478 e. The zero-order valence-electron chi connectivity index (χ0n) is 12.2. The van der Waals surface area contributed by atoms with Crippen molar-refractivity contribution in [3.63, 3.8) is 0 Å². The number of aromatic nitrogens is 1. The Balaban J connectivity index is 2.16. The van der Waals surface area contributed by atoms with Crippen molar-refractivity contribution in [2.24, 2.45) is 0 Å². The van der Waals surface area contributed by atoms with Gasteiger partial charge in [-0.25, -0.2) is 4.79 Å². The Morgan fingerprint density at radius 1 is 0.818 bits per heavy atom. The Morgan fingerprint density at radius 2 is 1.36 bits per heavy atom. The third-order valence-corrected chi connectivity index (χ3v) is 3.58. The molecule has 1 aromatic heterocycles. The van der Waals surface area contributed by atoms with Crippen LogP contribution in [0.1, 0.15) is 15.9 Å². The summed E-state index contributed by atoms with van der Waals surface area (Å²) >= 11 is 0. The van der Waals surface area contributed by atoms with E-state index >= 15 is 0 Å². The Morgan fingerprint density at radius 3 is 1.91 bits per heavy atom. The summed E-state index contributed by atoms with van der Waals surface area (Å²) in [6, 6.07) is 17.2. The fourth-order valence-corrected chi connectivity index (χ4v) is 2.37. The van der Waals surface area contributed by atoms with E-state index in [1.54, 1.807) is 24.5 Å². The number of hydrogen-bond donors (Lipinski definition) is 1. The highest BCUT2D eigenvalue weighted by atomic mass is 16.4. The summed E-state index contributed by atoms with van der Waals surface area (Å²) in [5.74, 6) is -0.927. The molecule has 3 rings (SSSR count). The SMILES string of the molecule is Cc1ccc(-c2cc(C(=O)O)cc(-c3ccncc3)c2)cc1. The van der Waals surface area contributed by atoms with E-state index in [9.17, 15) is 9.90 Å². The van der Waals surface area contributed by atoms with Gasteiger partial charge in [-0.2, -0.15) is 0 Å². The van der Waals surface area contributed by atoms with E-state index in [-0.39, 0.29) is 5.56 Å². The maximum atomic E-state index is 11.4.